The first kappa shape index (κ1) is 18.4. The van der Waals surface area contributed by atoms with E-state index in [0.717, 1.165) is 30.1 Å². The van der Waals surface area contributed by atoms with E-state index in [4.69, 9.17) is 0 Å². The lowest BCUT2D eigenvalue weighted by Gasteiger charge is -2.35. The molecule has 9 heteroatoms. The van der Waals surface area contributed by atoms with Gasteiger partial charge in [0.1, 0.15) is 12.1 Å². The molecule has 1 aliphatic heterocycles. The Labute approximate surface area is 173 Å². The fraction of sp³-hybridized carbons (Fsp3) is 0.400. The molecule has 3 heterocycles. The second-order valence-corrected chi connectivity index (χ2v) is 8.42. The van der Waals surface area contributed by atoms with Gasteiger partial charge in [0.2, 0.25) is 5.91 Å². The standard InChI is InChI=1S/C20H23N7OS/c28-20(13-15-2-1-3-17(12-15)29-24-16-4-5-16)26-10-8-25(9-11-26)19-7-6-18-22-21-14-27(18)23-19/h1-3,6-7,12,14,16,24H,4-5,8-11,13H2. The van der Waals surface area contributed by atoms with Crippen molar-refractivity contribution in [3.05, 3.63) is 48.3 Å². The Hall–Kier alpha value is -2.65. The second kappa shape index (κ2) is 8.00. The third kappa shape index (κ3) is 4.35. The van der Waals surface area contributed by atoms with Crippen LogP contribution in [0.4, 0.5) is 5.82 Å². The first-order chi connectivity index (χ1) is 14.2. The topological polar surface area (TPSA) is 78.7 Å². The molecule has 1 amide bonds. The van der Waals surface area contributed by atoms with Crippen molar-refractivity contribution in [3.63, 3.8) is 0 Å². The van der Waals surface area contributed by atoms with Gasteiger partial charge < -0.3 is 9.80 Å². The number of benzene rings is 1. The summed E-state index contributed by atoms with van der Waals surface area (Å²) in [5.74, 6) is 1.07. The van der Waals surface area contributed by atoms with Crippen molar-refractivity contribution in [2.24, 2.45) is 0 Å². The molecule has 1 aliphatic carbocycles. The van der Waals surface area contributed by atoms with E-state index in [1.54, 1.807) is 22.8 Å². The van der Waals surface area contributed by atoms with Gasteiger partial charge in [0, 0.05) is 37.1 Å². The number of amides is 1. The van der Waals surface area contributed by atoms with E-state index in [-0.39, 0.29) is 5.91 Å². The van der Waals surface area contributed by atoms with Crippen LogP contribution in [0.25, 0.3) is 5.65 Å². The van der Waals surface area contributed by atoms with Crippen LogP contribution in [0.5, 0.6) is 0 Å². The Morgan fingerprint density at radius 1 is 1.14 bits per heavy atom. The van der Waals surface area contributed by atoms with Gasteiger partial charge in [-0.3, -0.25) is 9.52 Å². The van der Waals surface area contributed by atoms with E-state index in [1.807, 2.05) is 29.2 Å². The number of rotatable bonds is 6. The third-order valence-corrected chi connectivity index (χ3v) is 6.22. The molecule has 150 valence electrons. The van der Waals surface area contributed by atoms with Gasteiger partial charge in [-0.25, -0.2) is 0 Å². The van der Waals surface area contributed by atoms with E-state index in [9.17, 15) is 4.79 Å². The molecule has 1 saturated heterocycles. The first-order valence-electron chi connectivity index (χ1n) is 9.96. The Balaban J connectivity index is 1.16. The van der Waals surface area contributed by atoms with Gasteiger partial charge >= 0.3 is 0 Å². The average molecular weight is 410 g/mol. The second-order valence-electron chi connectivity index (χ2n) is 7.51. The molecule has 0 spiro atoms. The molecule has 2 aliphatic rings. The number of anilines is 1. The lowest BCUT2D eigenvalue weighted by Crippen LogP contribution is -2.49. The number of aromatic nitrogens is 4. The van der Waals surface area contributed by atoms with Crippen molar-refractivity contribution in [2.75, 3.05) is 31.1 Å². The summed E-state index contributed by atoms with van der Waals surface area (Å²) in [7, 11) is 0. The highest BCUT2D eigenvalue weighted by atomic mass is 32.2. The molecule has 1 saturated carbocycles. The third-order valence-electron chi connectivity index (χ3n) is 5.28. The predicted molar refractivity (Wildman–Crippen MR) is 112 cm³/mol. The molecule has 0 bridgehead atoms. The predicted octanol–water partition coefficient (Wildman–Crippen LogP) is 1.77. The minimum absolute atomic E-state index is 0.184. The summed E-state index contributed by atoms with van der Waals surface area (Å²) in [6, 6.07) is 12.8. The van der Waals surface area contributed by atoms with Crippen molar-refractivity contribution in [1.29, 1.82) is 0 Å². The number of carbonyl (C=O) groups is 1. The van der Waals surface area contributed by atoms with Crippen LogP contribution in [0.15, 0.2) is 47.6 Å². The molecule has 3 aromatic rings. The zero-order chi connectivity index (χ0) is 19.6. The van der Waals surface area contributed by atoms with Crippen molar-refractivity contribution in [2.45, 2.75) is 30.2 Å². The van der Waals surface area contributed by atoms with Gasteiger partial charge in [-0.05, 0) is 54.6 Å². The molecular weight excluding hydrogens is 386 g/mol. The number of piperazine rings is 1. The van der Waals surface area contributed by atoms with Crippen LogP contribution in [-0.2, 0) is 11.2 Å². The van der Waals surface area contributed by atoms with Crippen molar-refractivity contribution < 1.29 is 4.79 Å². The quantitative estimate of drug-likeness (QED) is 0.622. The monoisotopic (exact) mass is 409 g/mol. The first-order valence-corrected chi connectivity index (χ1v) is 10.8. The number of nitrogens with zero attached hydrogens (tertiary/aromatic N) is 6. The maximum Gasteiger partial charge on any atom is 0.227 e. The number of nitrogens with one attached hydrogen (secondary N) is 1. The van der Waals surface area contributed by atoms with Crippen LogP contribution in [0.2, 0.25) is 0 Å². The van der Waals surface area contributed by atoms with E-state index in [2.05, 4.69) is 37.1 Å². The normalized spacial score (nSPS) is 17.1. The van der Waals surface area contributed by atoms with Crippen LogP contribution in [0.3, 0.4) is 0 Å². The summed E-state index contributed by atoms with van der Waals surface area (Å²) in [6.07, 6.45) is 4.58. The minimum Gasteiger partial charge on any atom is -0.352 e. The molecule has 0 radical (unpaired) electrons. The number of fused-ring (bicyclic) bond motifs is 1. The highest BCUT2D eigenvalue weighted by Crippen LogP contribution is 2.25. The fourth-order valence-corrected chi connectivity index (χ4v) is 4.33. The van der Waals surface area contributed by atoms with Gasteiger partial charge in [0.25, 0.3) is 0 Å². The van der Waals surface area contributed by atoms with E-state index in [0.29, 0.717) is 25.6 Å². The Morgan fingerprint density at radius 3 is 2.83 bits per heavy atom. The van der Waals surface area contributed by atoms with Crippen LogP contribution in [-0.4, -0.2) is 62.8 Å². The summed E-state index contributed by atoms with van der Waals surface area (Å²) in [5.41, 5.74) is 1.80. The van der Waals surface area contributed by atoms with Crippen LogP contribution in [0.1, 0.15) is 18.4 Å². The zero-order valence-corrected chi connectivity index (χ0v) is 16.9. The summed E-state index contributed by atoms with van der Waals surface area (Å²) in [6.45, 7) is 2.96. The molecular formula is C20H23N7OS. The van der Waals surface area contributed by atoms with Crippen LogP contribution >= 0.6 is 11.9 Å². The Morgan fingerprint density at radius 2 is 2.00 bits per heavy atom. The highest BCUT2D eigenvalue weighted by molar-refractivity contribution is 7.97. The fourth-order valence-electron chi connectivity index (χ4n) is 3.43. The number of hydrogen-bond donors (Lipinski definition) is 1. The van der Waals surface area contributed by atoms with E-state index >= 15 is 0 Å². The van der Waals surface area contributed by atoms with Crippen molar-refractivity contribution in [3.8, 4) is 0 Å². The summed E-state index contributed by atoms with van der Waals surface area (Å²) in [5, 5.41) is 12.4. The molecule has 0 unspecified atom stereocenters. The average Bonchev–Trinajstić information content (AvgIpc) is 3.47. The van der Waals surface area contributed by atoms with Crippen LogP contribution in [0, 0.1) is 0 Å². The van der Waals surface area contributed by atoms with Gasteiger partial charge in [-0.2, -0.15) is 4.52 Å². The van der Waals surface area contributed by atoms with Crippen molar-refractivity contribution >= 4 is 29.3 Å². The molecule has 0 atom stereocenters. The van der Waals surface area contributed by atoms with Gasteiger partial charge in [-0.1, -0.05) is 12.1 Å². The largest absolute Gasteiger partial charge is 0.352 e. The number of hydrogen-bond acceptors (Lipinski definition) is 7. The molecule has 8 nitrogen and oxygen atoms in total. The zero-order valence-electron chi connectivity index (χ0n) is 16.1. The highest BCUT2D eigenvalue weighted by Gasteiger charge is 2.23. The number of carbonyl (C=O) groups excluding carboxylic acids is 1. The molecule has 2 fully saturated rings. The van der Waals surface area contributed by atoms with E-state index < -0.39 is 0 Å². The van der Waals surface area contributed by atoms with E-state index in [1.165, 1.54) is 17.7 Å². The van der Waals surface area contributed by atoms with Gasteiger partial charge in [0.05, 0.1) is 6.42 Å². The summed E-state index contributed by atoms with van der Waals surface area (Å²) in [4.78, 5) is 18.1. The Kier molecular flexibility index (Phi) is 5.07. The maximum atomic E-state index is 12.8. The minimum atomic E-state index is 0.184. The smallest absolute Gasteiger partial charge is 0.227 e. The van der Waals surface area contributed by atoms with Crippen LogP contribution < -0.4 is 9.62 Å². The lowest BCUT2D eigenvalue weighted by molar-refractivity contribution is -0.130. The summed E-state index contributed by atoms with van der Waals surface area (Å²) >= 11 is 1.67. The maximum absolute atomic E-state index is 12.8. The lowest BCUT2D eigenvalue weighted by atomic mass is 10.1. The molecule has 5 rings (SSSR count). The van der Waals surface area contributed by atoms with Gasteiger partial charge in [-0.15, -0.1) is 15.3 Å². The van der Waals surface area contributed by atoms with Gasteiger partial charge in [0.15, 0.2) is 5.65 Å². The SMILES string of the molecule is O=C(Cc1cccc(SNC2CC2)c1)N1CCN(c2ccc3nncn3n2)CC1. The summed E-state index contributed by atoms with van der Waals surface area (Å²) < 4.78 is 5.12. The molecule has 29 heavy (non-hydrogen) atoms. The molecule has 2 aromatic heterocycles. The Bertz CT molecular complexity index is 1010. The molecule has 1 aromatic carbocycles. The van der Waals surface area contributed by atoms with Crippen molar-refractivity contribution in [1.82, 2.24) is 29.4 Å². The molecule has 1 N–H and O–H groups in total.